The van der Waals surface area contributed by atoms with Gasteiger partial charge in [-0.05, 0) is 63.2 Å². The zero-order chi connectivity index (χ0) is 32.1. The van der Waals surface area contributed by atoms with E-state index in [1.807, 2.05) is 0 Å². The molecule has 2 heteroatoms. The average molecular weight is 602 g/mol. The van der Waals surface area contributed by atoms with Crippen LogP contribution in [0.5, 0.6) is 0 Å². The van der Waals surface area contributed by atoms with Crippen molar-refractivity contribution in [3.05, 3.63) is 76.9 Å². The molecule has 0 saturated heterocycles. The van der Waals surface area contributed by atoms with E-state index in [0.29, 0.717) is 30.4 Å². The topological polar surface area (TPSA) is 12.4 Å². The Morgan fingerprint density at radius 1 is 0.511 bits per heavy atom. The molecule has 2 saturated carbocycles. The highest BCUT2D eigenvalue weighted by Crippen LogP contribution is 2.48. The minimum Gasteiger partial charge on any atom is -0.270 e. The SMILES string of the molecule is CC(C)c1cccc(C(C)C)c1-c1cccc(-c2c(C(C)C)cccc2C(C)C)c1N=CB(C1CCCCC1)C1CCCCC1. The lowest BCUT2D eigenvalue weighted by Gasteiger charge is -2.33. The molecule has 0 heterocycles. The molecule has 45 heavy (non-hydrogen) atoms. The first-order valence-electron chi connectivity index (χ1n) is 18.6. The lowest BCUT2D eigenvalue weighted by molar-refractivity contribution is 0.466. The van der Waals surface area contributed by atoms with Crippen molar-refractivity contribution in [3.63, 3.8) is 0 Å². The highest BCUT2D eigenvalue weighted by atomic mass is 14.7. The van der Waals surface area contributed by atoms with Gasteiger partial charge in [-0.15, -0.1) is 0 Å². The van der Waals surface area contributed by atoms with Gasteiger partial charge in [0.1, 0.15) is 0 Å². The summed E-state index contributed by atoms with van der Waals surface area (Å²) < 4.78 is 0. The first-order chi connectivity index (χ1) is 21.7. The summed E-state index contributed by atoms with van der Waals surface area (Å²) in [6.07, 6.45) is 16.4. The van der Waals surface area contributed by atoms with Gasteiger partial charge in [0.2, 0.25) is 0 Å². The Labute approximate surface area is 276 Å². The molecule has 2 fully saturated rings. The van der Waals surface area contributed by atoms with E-state index in [9.17, 15) is 0 Å². The van der Waals surface area contributed by atoms with E-state index >= 15 is 0 Å². The largest absolute Gasteiger partial charge is 0.270 e. The maximum atomic E-state index is 5.79. The number of nitrogens with zero attached hydrogens (tertiary/aromatic N) is 1. The van der Waals surface area contributed by atoms with Crippen LogP contribution < -0.4 is 0 Å². The van der Waals surface area contributed by atoms with Crippen LogP contribution in [-0.2, 0) is 0 Å². The fourth-order valence-electron chi connectivity index (χ4n) is 8.64. The number of benzene rings is 3. The predicted octanol–water partition coefficient (Wildman–Crippen LogP) is 13.9. The van der Waals surface area contributed by atoms with E-state index in [4.69, 9.17) is 4.99 Å². The normalized spacial score (nSPS) is 17.0. The summed E-state index contributed by atoms with van der Waals surface area (Å²) in [5, 5.41) is 0. The van der Waals surface area contributed by atoms with Crippen molar-refractivity contribution in [1.82, 2.24) is 0 Å². The molecule has 3 aromatic carbocycles. The van der Waals surface area contributed by atoms with Crippen molar-refractivity contribution in [2.75, 3.05) is 0 Å². The fourth-order valence-corrected chi connectivity index (χ4v) is 8.64. The summed E-state index contributed by atoms with van der Waals surface area (Å²) in [6, 6.07) is 21.1. The van der Waals surface area contributed by atoms with Crippen LogP contribution in [0.25, 0.3) is 22.3 Å². The molecule has 0 bridgehead atoms. The van der Waals surface area contributed by atoms with Crippen LogP contribution in [0.3, 0.4) is 0 Å². The van der Waals surface area contributed by atoms with E-state index in [2.05, 4.69) is 116 Å². The van der Waals surface area contributed by atoms with E-state index in [1.165, 1.54) is 114 Å². The second-order valence-electron chi connectivity index (χ2n) is 15.6. The summed E-state index contributed by atoms with van der Waals surface area (Å²) >= 11 is 0. The molecule has 2 aliphatic carbocycles. The first-order valence-corrected chi connectivity index (χ1v) is 18.6. The number of hydrogen-bond donors (Lipinski definition) is 0. The van der Waals surface area contributed by atoms with E-state index in [-0.39, 0.29) is 0 Å². The molecule has 0 spiro atoms. The lowest BCUT2D eigenvalue weighted by Crippen LogP contribution is -2.32. The first kappa shape index (κ1) is 33.7. The van der Waals surface area contributed by atoms with Gasteiger partial charge < -0.3 is 0 Å². The third-order valence-corrected chi connectivity index (χ3v) is 11.1. The van der Waals surface area contributed by atoms with Crippen molar-refractivity contribution >= 4 is 18.5 Å². The molecule has 0 amide bonds. The third-order valence-electron chi connectivity index (χ3n) is 11.1. The van der Waals surface area contributed by atoms with Crippen LogP contribution in [0.4, 0.5) is 5.69 Å². The summed E-state index contributed by atoms with van der Waals surface area (Å²) in [4.78, 5) is 5.79. The van der Waals surface area contributed by atoms with Gasteiger partial charge in [-0.2, -0.15) is 0 Å². The second kappa shape index (κ2) is 15.3. The summed E-state index contributed by atoms with van der Waals surface area (Å²) in [6.45, 7) is 19.4. The Morgan fingerprint density at radius 3 is 1.18 bits per heavy atom. The van der Waals surface area contributed by atoms with Gasteiger partial charge in [0.25, 0.3) is 0 Å². The zero-order valence-corrected chi connectivity index (χ0v) is 29.8. The van der Waals surface area contributed by atoms with Crippen molar-refractivity contribution in [2.45, 2.75) is 155 Å². The molecule has 240 valence electrons. The molecule has 0 radical (unpaired) electrons. The number of para-hydroxylation sites is 1. The molecular weight excluding hydrogens is 541 g/mol. The van der Waals surface area contributed by atoms with E-state index in [0.717, 1.165) is 11.6 Å². The van der Waals surface area contributed by atoms with Crippen molar-refractivity contribution in [3.8, 4) is 22.3 Å². The highest BCUT2D eigenvalue weighted by molar-refractivity contribution is 6.87. The van der Waals surface area contributed by atoms with Crippen molar-refractivity contribution < 1.29 is 0 Å². The average Bonchev–Trinajstić information content (AvgIpc) is 3.05. The standard InChI is InChI=1S/C43H60BN/c1-29(2)35-22-15-23-36(30(3)4)41(35)39-26-17-27-40(42-37(31(5)6)24-16-25-38(42)32(7)8)43(39)45-28-44(33-18-11-9-12-19-33)34-20-13-10-14-21-34/h15-17,22-34H,9-14,18-21H2,1-8H3. The molecule has 3 aromatic rings. The summed E-state index contributed by atoms with van der Waals surface area (Å²) in [5.41, 5.74) is 12.4. The van der Waals surface area contributed by atoms with Gasteiger partial charge in [0.05, 0.1) is 5.69 Å². The van der Waals surface area contributed by atoms with Gasteiger partial charge in [-0.25, -0.2) is 0 Å². The van der Waals surface area contributed by atoms with Crippen LogP contribution >= 0.6 is 0 Å². The Bertz CT molecular complexity index is 1280. The zero-order valence-electron chi connectivity index (χ0n) is 29.8. The van der Waals surface area contributed by atoms with Gasteiger partial charge >= 0.3 is 0 Å². The molecule has 2 aliphatic rings. The Balaban J connectivity index is 1.80. The van der Waals surface area contributed by atoms with Gasteiger partial charge in [0.15, 0.2) is 6.71 Å². The Hall–Kier alpha value is -2.61. The lowest BCUT2D eigenvalue weighted by atomic mass is 9.31. The minimum absolute atomic E-state index is 0.436. The summed E-state index contributed by atoms with van der Waals surface area (Å²) in [5.74, 6) is 3.31. The third kappa shape index (κ3) is 7.53. The molecule has 0 atom stereocenters. The number of aliphatic imine (C=N–C) groups is 1. The second-order valence-corrected chi connectivity index (χ2v) is 15.6. The molecule has 1 nitrogen and oxygen atoms in total. The van der Waals surface area contributed by atoms with E-state index < -0.39 is 0 Å². The Kier molecular flexibility index (Phi) is 11.5. The quantitative estimate of drug-likeness (QED) is 0.162. The van der Waals surface area contributed by atoms with Crippen LogP contribution in [0.15, 0.2) is 59.6 Å². The maximum absolute atomic E-state index is 5.79. The molecular formula is C43H60BN. The molecule has 0 N–H and O–H groups in total. The summed E-state index contributed by atoms with van der Waals surface area (Å²) in [7, 11) is 0. The van der Waals surface area contributed by atoms with Crippen molar-refractivity contribution in [1.29, 1.82) is 0 Å². The smallest absolute Gasteiger partial charge is 0.196 e. The van der Waals surface area contributed by atoms with Crippen LogP contribution in [0.2, 0.25) is 11.6 Å². The minimum atomic E-state index is 0.436. The highest BCUT2D eigenvalue weighted by Gasteiger charge is 2.34. The monoisotopic (exact) mass is 601 g/mol. The van der Waals surface area contributed by atoms with Gasteiger partial charge in [-0.3, -0.25) is 4.99 Å². The number of hydrogen-bond acceptors (Lipinski definition) is 1. The van der Waals surface area contributed by atoms with E-state index in [1.54, 1.807) is 0 Å². The predicted molar refractivity (Wildman–Crippen MR) is 201 cm³/mol. The molecule has 0 aliphatic heterocycles. The van der Waals surface area contributed by atoms with Gasteiger partial charge in [0, 0.05) is 11.1 Å². The molecule has 0 aromatic heterocycles. The maximum Gasteiger partial charge on any atom is 0.196 e. The van der Waals surface area contributed by atoms with Gasteiger partial charge in [-0.1, -0.05) is 186 Å². The Morgan fingerprint density at radius 2 is 0.844 bits per heavy atom. The number of rotatable bonds is 10. The van der Waals surface area contributed by atoms with Crippen LogP contribution in [0.1, 0.15) is 166 Å². The molecule has 5 rings (SSSR count). The van der Waals surface area contributed by atoms with Crippen LogP contribution in [-0.4, -0.2) is 12.8 Å². The van der Waals surface area contributed by atoms with Crippen LogP contribution in [0, 0.1) is 0 Å². The van der Waals surface area contributed by atoms with Crippen molar-refractivity contribution in [2.24, 2.45) is 4.99 Å². The molecule has 0 unspecified atom stereocenters. The fraction of sp³-hybridized carbons (Fsp3) is 0.558.